The van der Waals surface area contributed by atoms with E-state index in [4.69, 9.17) is 0 Å². The molecular formula is C10H13BrN2OS. The molecule has 0 aliphatic heterocycles. The minimum Gasteiger partial charge on any atom is -0.307 e. The average Bonchev–Trinajstić information content (AvgIpc) is 2.22. The molecule has 1 rings (SSSR count). The van der Waals surface area contributed by atoms with Gasteiger partial charge in [0.15, 0.2) is 0 Å². The third-order valence-electron chi connectivity index (χ3n) is 1.70. The van der Waals surface area contributed by atoms with E-state index in [0.717, 1.165) is 15.9 Å². The highest BCUT2D eigenvalue weighted by molar-refractivity contribution is 9.10. The van der Waals surface area contributed by atoms with Crippen LogP contribution >= 0.6 is 27.9 Å². The van der Waals surface area contributed by atoms with Crippen LogP contribution in [0.3, 0.4) is 0 Å². The Hall–Kier alpha value is -0.680. The first kappa shape index (κ1) is 12.4. The Morgan fingerprint density at radius 3 is 2.60 bits per heavy atom. The van der Waals surface area contributed by atoms with Crippen molar-refractivity contribution in [3.05, 3.63) is 28.7 Å². The Labute approximate surface area is 102 Å². The molecule has 0 saturated heterocycles. The molecule has 0 aromatic heterocycles. The SMILES string of the molecule is CCSN(C)C(=O)Nc1ccc(Br)cc1. The molecule has 0 heterocycles. The molecule has 1 N–H and O–H groups in total. The molecule has 0 saturated carbocycles. The summed E-state index contributed by atoms with van der Waals surface area (Å²) in [6.07, 6.45) is 0. The maximum Gasteiger partial charge on any atom is 0.331 e. The molecule has 1 aromatic carbocycles. The molecule has 0 radical (unpaired) electrons. The Bertz CT molecular complexity index is 329. The second kappa shape index (κ2) is 6.02. The van der Waals surface area contributed by atoms with Crippen molar-refractivity contribution in [1.29, 1.82) is 0 Å². The van der Waals surface area contributed by atoms with Crippen molar-refractivity contribution in [2.45, 2.75) is 6.92 Å². The first-order valence-corrected chi connectivity index (χ1v) is 6.30. The molecule has 5 heteroatoms. The molecule has 2 amide bonds. The number of rotatable bonds is 3. The fourth-order valence-corrected chi connectivity index (χ4v) is 1.80. The zero-order valence-electron chi connectivity index (χ0n) is 8.66. The number of carbonyl (C=O) groups excluding carboxylic acids is 1. The summed E-state index contributed by atoms with van der Waals surface area (Å²) < 4.78 is 2.58. The smallest absolute Gasteiger partial charge is 0.307 e. The van der Waals surface area contributed by atoms with Gasteiger partial charge in [-0.2, -0.15) is 0 Å². The zero-order chi connectivity index (χ0) is 11.3. The number of halogens is 1. The number of hydrogen-bond acceptors (Lipinski definition) is 2. The number of nitrogens with zero attached hydrogens (tertiary/aromatic N) is 1. The first-order valence-electron chi connectivity index (χ1n) is 4.56. The van der Waals surface area contributed by atoms with Gasteiger partial charge >= 0.3 is 6.03 Å². The van der Waals surface area contributed by atoms with Crippen LogP contribution in [0.5, 0.6) is 0 Å². The van der Waals surface area contributed by atoms with E-state index in [0.29, 0.717) is 0 Å². The van der Waals surface area contributed by atoms with Crippen LogP contribution in [0, 0.1) is 0 Å². The summed E-state index contributed by atoms with van der Waals surface area (Å²) in [5.74, 6) is 0.879. The second-order valence-electron chi connectivity index (χ2n) is 2.85. The van der Waals surface area contributed by atoms with E-state index in [2.05, 4.69) is 21.2 Å². The van der Waals surface area contributed by atoms with Gasteiger partial charge in [0, 0.05) is 23.0 Å². The molecule has 82 valence electrons. The standard InChI is InChI=1S/C10H13BrN2OS/c1-3-15-13(2)10(14)12-9-6-4-8(11)5-7-9/h4-7H,3H2,1-2H3,(H,12,14). The molecule has 0 unspecified atom stereocenters. The van der Waals surface area contributed by atoms with Gasteiger partial charge in [0.2, 0.25) is 0 Å². The van der Waals surface area contributed by atoms with Gasteiger partial charge in [0.05, 0.1) is 0 Å². The third-order valence-corrected chi connectivity index (χ3v) is 3.04. The summed E-state index contributed by atoms with van der Waals surface area (Å²) in [4.78, 5) is 11.6. The van der Waals surface area contributed by atoms with Gasteiger partial charge in [-0.25, -0.2) is 4.79 Å². The Kier molecular flexibility index (Phi) is 4.98. The molecule has 0 bridgehead atoms. The largest absolute Gasteiger partial charge is 0.331 e. The van der Waals surface area contributed by atoms with Crippen LogP contribution in [0.2, 0.25) is 0 Å². The molecular weight excluding hydrogens is 276 g/mol. The van der Waals surface area contributed by atoms with Gasteiger partial charge in [-0.3, -0.25) is 4.31 Å². The van der Waals surface area contributed by atoms with Gasteiger partial charge in [-0.1, -0.05) is 22.9 Å². The van der Waals surface area contributed by atoms with Crippen LogP contribution in [0.15, 0.2) is 28.7 Å². The number of nitrogens with one attached hydrogen (secondary N) is 1. The minimum absolute atomic E-state index is 0.107. The van der Waals surface area contributed by atoms with E-state index in [1.54, 1.807) is 11.4 Å². The fraction of sp³-hybridized carbons (Fsp3) is 0.300. The summed E-state index contributed by atoms with van der Waals surface area (Å²) in [7, 11) is 1.75. The summed E-state index contributed by atoms with van der Waals surface area (Å²) in [6, 6.07) is 7.38. The highest BCUT2D eigenvalue weighted by Gasteiger charge is 2.07. The topological polar surface area (TPSA) is 32.3 Å². The lowest BCUT2D eigenvalue weighted by Crippen LogP contribution is -2.25. The van der Waals surface area contributed by atoms with Crippen molar-refractivity contribution >= 4 is 39.6 Å². The predicted octanol–water partition coefficient (Wildman–Crippen LogP) is 3.58. The van der Waals surface area contributed by atoms with Crippen molar-refractivity contribution < 1.29 is 4.79 Å². The molecule has 3 nitrogen and oxygen atoms in total. The monoisotopic (exact) mass is 288 g/mol. The summed E-state index contributed by atoms with van der Waals surface area (Å²) in [5, 5.41) is 2.80. The van der Waals surface area contributed by atoms with Crippen LogP contribution in [-0.2, 0) is 0 Å². The van der Waals surface area contributed by atoms with E-state index in [9.17, 15) is 4.79 Å². The molecule has 0 atom stereocenters. The van der Waals surface area contributed by atoms with Crippen molar-refractivity contribution in [3.8, 4) is 0 Å². The quantitative estimate of drug-likeness (QED) is 0.863. The fourth-order valence-electron chi connectivity index (χ4n) is 0.988. The molecule has 0 fully saturated rings. The average molecular weight is 289 g/mol. The van der Waals surface area contributed by atoms with Crippen LogP contribution in [0.1, 0.15) is 6.92 Å². The lowest BCUT2D eigenvalue weighted by Gasteiger charge is -2.15. The molecule has 0 aliphatic carbocycles. The first-order chi connectivity index (χ1) is 7.13. The van der Waals surface area contributed by atoms with Crippen LogP contribution in [-0.4, -0.2) is 23.1 Å². The number of amides is 2. The summed E-state index contributed by atoms with van der Waals surface area (Å²) in [6.45, 7) is 2.01. The van der Waals surface area contributed by atoms with Gasteiger partial charge < -0.3 is 5.32 Å². The van der Waals surface area contributed by atoms with E-state index in [-0.39, 0.29) is 6.03 Å². The van der Waals surface area contributed by atoms with E-state index in [1.807, 2.05) is 31.2 Å². The highest BCUT2D eigenvalue weighted by Crippen LogP contribution is 2.15. The number of hydrogen-bond donors (Lipinski definition) is 1. The molecule has 15 heavy (non-hydrogen) atoms. The lowest BCUT2D eigenvalue weighted by molar-refractivity contribution is 0.243. The molecule has 1 aromatic rings. The third kappa shape index (κ3) is 4.13. The van der Waals surface area contributed by atoms with Crippen LogP contribution in [0.4, 0.5) is 10.5 Å². The molecule has 0 spiro atoms. The number of anilines is 1. The van der Waals surface area contributed by atoms with E-state index >= 15 is 0 Å². The normalized spacial score (nSPS) is 9.80. The van der Waals surface area contributed by atoms with E-state index in [1.165, 1.54) is 11.9 Å². The van der Waals surface area contributed by atoms with Gasteiger partial charge in [0.1, 0.15) is 0 Å². The Morgan fingerprint density at radius 2 is 2.07 bits per heavy atom. The van der Waals surface area contributed by atoms with E-state index < -0.39 is 0 Å². The van der Waals surface area contributed by atoms with Crippen LogP contribution < -0.4 is 5.32 Å². The van der Waals surface area contributed by atoms with Gasteiger partial charge in [0.25, 0.3) is 0 Å². The highest BCUT2D eigenvalue weighted by atomic mass is 79.9. The lowest BCUT2D eigenvalue weighted by atomic mass is 10.3. The maximum absolute atomic E-state index is 11.6. The Morgan fingerprint density at radius 1 is 1.47 bits per heavy atom. The Balaban J connectivity index is 2.54. The van der Waals surface area contributed by atoms with Gasteiger partial charge in [-0.15, -0.1) is 0 Å². The van der Waals surface area contributed by atoms with Crippen molar-refractivity contribution in [2.24, 2.45) is 0 Å². The second-order valence-corrected chi connectivity index (χ2v) is 5.15. The zero-order valence-corrected chi connectivity index (χ0v) is 11.1. The maximum atomic E-state index is 11.6. The van der Waals surface area contributed by atoms with Crippen molar-refractivity contribution in [2.75, 3.05) is 18.1 Å². The van der Waals surface area contributed by atoms with Gasteiger partial charge in [-0.05, 0) is 36.2 Å². The number of carbonyl (C=O) groups is 1. The van der Waals surface area contributed by atoms with Crippen LogP contribution in [0.25, 0.3) is 0 Å². The summed E-state index contributed by atoms with van der Waals surface area (Å²) in [5.41, 5.74) is 0.798. The minimum atomic E-state index is -0.107. The number of benzene rings is 1. The summed E-state index contributed by atoms with van der Waals surface area (Å²) >= 11 is 4.81. The number of urea groups is 1. The molecule has 0 aliphatic rings. The van der Waals surface area contributed by atoms with Crippen molar-refractivity contribution in [1.82, 2.24) is 4.31 Å². The predicted molar refractivity (Wildman–Crippen MR) is 69.1 cm³/mol. The van der Waals surface area contributed by atoms with Crippen molar-refractivity contribution in [3.63, 3.8) is 0 Å².